The molecule has 2 amide bonds. The lowest BCUT2D eigenvalue weighted by atomic mass is 10.1. The molecule has 0 bridgehead atoms. The molecular formula is C17H23N5O3. The van der Waals surface area contributed by atoms with Crippen molar-refractivity contribution in [3.8, 4) is 0 Å². The number of nitrogens with zero attached hydrogens (tertiary/aromatic N) is 4. The number of rotatable bonds is 3. The average Bonchev–Trinajstić information content (AvgIpc) is 3.21. The summed E-state index contributed by atoms with van der Waals surface area (Å²) in [7, 11) is 0. The first-order chi connectivity index (χ1) is 12.0. The molecule has 2 aromatic heterocycles. The maximum absolute atomic E-state index is 12.7. The van der Waals surface area contributed by atoms with Crippen LogP contribution in [0.25, 0.3) is 0 Å². The van der Waals surface area contributed by atoms with Gasteiger partial charge in [-0.1, -0.05) is 13.8 Å². The van der Waals surface area contributed by atoms with Crippen LogP contribution in [0.2, 0.25) is 0 Å². The second kappa shape index (κ2) is 7.08. The van der Waals surface area contributed by atoms with Crippen LogP contribution in [0.15, 0.2) is 22.8 Å². The molecule has 1 atom stereocenters. The number of hydrogen-bond donors (Lipinski definition) is 1. The highest BCUT2D eigenvalue weighted by Gasteiger charge is 2.35. The zero-order chi connectivity index (χ0) is 18.0. The van der Waals surface area contributed by atoms with E-state index in [9.17, 15) is 9.59 Å². The van der Waals surface area contributed by atoms with Crippen LogP contribution in [0, 0.1) is 12.8 Å². The van der Waals surface area contributed by atoms with Gasteiger partial charge >= 0.3 is 0 Å². The standard InChI is InChI=1S/C17H23N5O3/c1-11(2)16(23)22-8-5-7-21(17(24)14-6-4-9-25-14)10-13(22)15-18-12(3)19-20-15/h4,6,9,11,13H,5,7-8,10H2,1-3H3,(H,18,19,20). The zero-order valence-corrected chi connectivity index (χ0v) is 14.7. The highest BCUT2D eigenvalue weighted by Crippen LogP contribution is 2.25. The predicted octanol–water partition coefficient (Wildman–Crippen LogP) is 1.78. The Bertz CT molecular complexity index is 737. The van der Waals surface area contributed by atoms with E-state index < -0.39 is 0 Å². The third-order valence-electron chi connectivity index (χ3n) is 4.31. The molecule has 134 valence electrons. The molecule has 0 saturated carbocycles. The molecule has 0 spiro atoms. The molecule has 3 rings (SSSR count). The molecule has 1 N–H and O–H groups in total. The normalized spacial score (nSPS) is 18.5. The minimum atomic E-state index is -0.374. The number of hydrogen-bond acceptors (Lipinski definition) is 5. The molecule has 0 aromatic carbocycles. The SMILES string of the molecule is Cc1nc(C2CN(C(=O)c3ccco3)CCCN2C(=O)C(C)C)n[nH]1. The molecule has 3 heterocycles. The first kappa shape index (κ1) is 17.2. The number of carbonyl (C=O) groups is 2. The topological polar surface area (TPSA) is 95.3 Å². The minimum Gasteiger partial charge on any atom is -0.459 e. The Morgan fingerprint density at radius 3 is 2.76 bits per heavy atom. The minimum absolute atomic E-state index is 0.0414. The van der Waals surface area contributed by atoms with E-state index in [4.69, 9.17) is 4.42 Å². The van der Waals surface area contributed by atoms with Crippen molar-refractivity contribution in [3.63, 3.8) is 0 Å². The zero-order valence-electron chi connectivity index (χ0n) is 14.7. The molecule has 8 heteroatoms. The average molecular weight is 345 g/mol. The monoisotopic (exact) mass is 345 g/mol. The van der Waals surface area contributed by atoms with Gasteiger partial charge in [-0.25, -0.2) is 4.98 Å². The number of H-pyrrole nitrogens is 1. The van der Waals surface area contributed by atoms with E-state index in [2.05, 4.69) is 15.2 Å². The summed E-state index contributed by atoms with van der Waals surface area (Å²) >= 11 is 0. The number of furan rings is 1. The Morgan fingerprint density at radius 2 is 2.16 bits per heavy atom. The van der Waals surface area contributed by atoms with Gasteiger partial charge in [0, 0.05) is 25.6 Å². The summed E-state index contributed by atoms with van der Waals surface area (Å²) in [6.45, 7) is 7.03. The van der Waals surface area contributed by atoms with E-state index in [-0.39, 0.29) is 23.8 Å². The van der Waals surface area contributed by atoms with E-state index >= 15 is 0 Å². The smallest absolute Gasteiger partial charge is 0.289 e. The lowest BCUT2D eigenvalue weighted by Gasteiger charge is -2.31. The summed E-state index contributed by atoms with van der Waals surface area (Å²) in [6.07, 6.45) is 2.18. The molecule has 1 aliphatic heterocycles. The molecule has 2 aromatic rings. The molecule has 1 saturated heterocycles. The highest BCUT2D eigenvalue weighted by atomic mass is 16.3. The van der Waals surface area contributed by atoms with E-state index in [1.54, 1.807) is 21.9 Å². The Morgan fingerprint density at radius 1 is 1.36 bits per heavy atom. The van der Waals surface area contributed by atoms with E-state index in [1.165, 1.54) is 6.26 Å². The van der Waals surface area contributed by atoms with Gasteiger partial charge in [0.1, 0.15) is 11.9 Å². The molecule has 0 aliphatic carbocycles. The second-order valence-corrected chi connectivity index (χ2v) is 6.56. The van der Waals surface area contributed by atoms with Crippen molar-refractivity contribution in [2.45, 2.75) is 33.2 Å². The van der Waals surface area contributed by atoms with Crippen LogP contribution in [0.3, 0.4) is 0 Å². The van der Waals surface area contributed by atoms with E-state index in [1.807, 2.05) is 20.8 Å². The molecule has 1 aliphatic rings. The fourth-order valence-corrected chi connectivity index (χ4v) is 3.05. The quantitative estimate of drug-likeness (QED) is 0.915. The van der Waals surface area contributed by atoms with Crippen molar-refractivity contribution in [3.05, 3.63) is 35.8 Å². The number of amides is 2. The Balaban J connectivity index is 1.90. The maximum Gasteiger partial charge on any atom is 0.289 e. The van der Waals surface area contributed by atoms with Crippen LogP contribution in [0.1, 0.15) is 48.5 Å². The summed E-state index contributed by atoms with van der Waals surface area (Å²) in [5.41, 5.74) is 0. The molecule has 25 heavy (non-hydrogen) atoms. The van der Waals surface area contributed by atoms with Crippen molar-refractivity contribution >= 4 is 11.8 Å². The summed E-state index contributed by atoms with van der Waals surface area (Å²) in [5, 5.41) is 7.06. The number of carbonyl (C=O) groups excluding carboxylic acids is 2. The third-order valence-corrected chi connectivity index (χ3v) is 4.31. The van der Waals surface area contributed by atoms with Crippen molar-refractivity contribution < 1.29 is 14.0 Å². The van der Waals surface area contributed by atoms with Crippen molar-refractivity contribution in [2.75, 3.05) is 19.6 Å². The van der Waals surface area contributed by atoms with Gasteiger partial charge in [-0.2, -0.15) is 5.10 Å². The maximum atomic E-state index is 12.7. The predicted molar refractivity (Wildman–Crippen MR) is 89.6 cm³/mol. The summed E-state index contributed by atoms with van der Waals surface area (Å²) in [6, 6.07) is 2.97. The summed E-state index contributed by atoms with van der Waals surface area (Å²) in [4.78, 5) is 33.3. The van der Waals surface area contributed by atoms with Gasteiger partial charge in [-0.3, -0.25) is 14.7 Å². The van der Waals surface area contributed by atoms with E-state index in [0.717, 1.165) is 0 Å². The lowest BCUT2D eigenvalue weighted by molar-refractivity contribution is -0.137. The van der Waals surface area contributed by atoms with Crippen molar-refractivity contribution in [2.24, 2.45) is 5.92 Å². The Kier molecular flexibility index (Phi) is 4.87. The molecule has 1 unspecified atom stereocenters. The lowest BCUT2D eigenvalue weighted by Crippen LogP contribution is -2.42. The van der Waals surface area contributed by atoms with Crippen molar-refractivity contribution in [1.82, 2.24) is 25.0 Å². The molecule has 8 nitrogen and oxygen atoms in total. The molecule has 1 fully saturated rings. The highest BCUT2D eigenvalue weighted by molar-refractivity contribution is 5.91. The van der Waals surface area contributed by atoms with Crippen LogP contribution in [-0.4, -0.2) is 56.4 Å². The van der Waals surface area contributed by atoms with Gasteiger partial charge in [0.25, 0.3) is 5.91 Å². The fraction of sp³-hybridized carbons (Fsp3) is 0.529. The summed E-state index contributed by atoms with van der Waals surface area (Å²) in [5.74, 6) is 1.25. The fourth-order valence-electron chi connectivity index (χ4n) is 3.05. The Hall–Kier alpha value is -2.64. The summed E-state index contributed by atoms with van der Waals surface area (Å²) < 4.78 is 5.24. The first-order valence-electron chi connectivity index (χ1n) is 8.49. The van der Waals surface area contributed by atoms with Crippen LogP contribution in [0.5, 0.6) is 0 Å². The second-order valence-electron chi connectivity index (χ2n) is 6.56. The molecular weight excluding hydrogens is 322 g/mol. The van der Waals surface area contributed by atoms with Gasteiger partial charge in [-0.05, 0) is 25.5 Å². The number of aromatic amines is 1. The number of aromatic nitrogens is 3. The van der Waals surface area contributed by atoms with Crippen LogP contribution < -0.4 is 0 Å². The van der Waals surface area contributed by atoms with Gasteiger partial charge in [-0.15, -0.1) is 0 Å². The third kappa shape index (κ3) is 3.57. The van der Waals surface area contributed by atoms with Gasteiger partial charge < -0.3 is 14.2 Å². The van der Waals surface area contributed by atoms with Crippen LogP contribution >= 0.6 is 0 Å². The number of nitrogens with one attached hydrogen (secondary N) is 1. The van der Waals surface area contributed by atoms with Gasteiger partial charge in [0.05, 0.1) is 6.26 Å². The van der Waals surface area contributed by atoms with Crippen LogP contribution in [0.4, 0.5) is 0 Å². The molecule has 0 radical (unpaired) electrons. The van der Waals surface area contributed by atoms with Crippen molar-refractivity contribution in [1.29, 1.82) is 0 Å². The number of aryl methyl sites for hydroxylation is 1. The van der Waals surface area contributed by atoms with Gasteiger partial charge in [0.15, 0.2) is 11.6 Å². The van der Waals surface area contributed by atoms with Crippen LogP contribution in [-0.2, 0) is 4.79 Å². The Labute approximate surface area is 146 Å². The first-order valence-corrected chi connectivity index (χ1v) is 8.49. The largest absolute Gasteiger partial charge is 0.459 e. The van der Waals surface area contributed by atoms with E-state index in [0.29, 0.717) is 43.5 Å². The van der Waals surface area contributed by atoms with Gasteiger partial charge in [0.2, 0.25) is 5.91 Å².